The number of carbonyl (C=O) groups is 1. The second kappa shape index (κ2) is 5.53. The van der Waals surface area contributed by atoms with Crippen LogP contribution in [0.5, 0.6) is 0 Å². The lowest BCUT2D eigenvalue weighted by Gasteiger charge is -2.18. The van der Waals surface area contributed by atoms with Crippen molar-refractivity contribution in [1.82, 2.24) is 0 Å². The van der Waals surface area contributed by atoms with Crippen molar-refractivity contribution in [2.45, 2.75) is 34.6 Å². The van der Waals surface area contributed by atoms with Crippen molar-refractivity contribution in [3.63, 3.8) is 0 Å². The van der Waals surface area contributed by atoms with Crippen molar-refractivity contribution in [2.24, 2.45) is 0 Å². The summed E-state index contributed by atoms with van der Waals surface area (Å²) in [6, 6.07) is 5.02. The van der Waals surface area contributed by atoms with Crippen LogP contribution in [-0.2, 0) is 0 Å². The number of hydrogen-bond donors (Lipinski definition) is 1. The summed E-state index contributed by atoms with van der Waals surface area (Å²) >= 11 is 6.18. The zero-order valence-electron chi connectivity index (χ0n) is 13.1. The van der Waals surface area contributed by atoms with Crippen LogP contribution in [0.25, 0.3) is 0 Å². The SMILES string of the molecule is Cc1c(C)c(C)c(C(=O)c2cc(N)ccc2Cl)c(C)c1C. The fourth-order valence-electron chi connectivity index (χ4n) is 2.69. The van der Waals surface area contributed by atoms with E-state index in [4.69, 9.17) is 17.3 Å². The second-order valence-corrected chi connectivity index (χ2v) is 5.98. The third-order valence-electron chi connectivity index (χ3n) is 4.46. The van der Waals surface area contributed by atoms with Gasteiger partial charge in [-0.05, 0) is 80.6 Å². The first-order valence-corrected chi connectivity index (χ1v) is 7.30. The molecule has 2 rings (SSSR count). The lowest BCUT2D eigenvalue weighted by atomic mass is 9.86. The lowest BCUT2D eigenvalue weighted by Crippen LogP contribution is -2.11. The van der Waals surface area contributed by atoms with E-state index < -0.39 is 0 Å². The Morgan fingerprint density at radius 2 is 1.38 bits per heavy atom. The van der Waals surface area contributed by atoms with Crippen LogP contribution in [0.1, 0.15) is 43.7 Å². The molecule has 0 bridgehead atoms. The first-order chi connectivity index (χ1) is 9.75. The molecule has 0 atom stereocenters. The zero-order chi connectivity index (χ0) is 15.9. The van der Waals surface area contributed by atoms with Crippen LogP contribution in [0, 0.1) is 34.6 Å². The first kappa shape index (κ1) is 15.6. The van der Waals surface area contributed by atoms with Gasteiger partial charge in [0.15, 0.2) is 5.78 Å². The Hall–Kier alpha value is -1.80. The van der Waals surface area contributed by atoms with Gasteiger partial charge in [-0.25, -0.2) is 0 Å². The highest BCUT2D eigenvalue weighted by molar-refractivity contribution is 6.35. The summed E-state index contributed by atoms with van der Waals surface area (Å²) in [6.07, 6.45) is 0. The van der Waals surface area contributed by atoms with Gasteiger partial charge in [-0.15, -0.1) is 0 Å². The number of nitrogen functional groups attached to an aromatic ring is 1. The quantitative estimate of drug-likeness (QED) is 0.645. The molecule has 0 unspecified atom stereocenters. The van der Waals surface area contributed by atoms with Gasteiger partial charge in [0.1, 0.15) is 0 Å². The van der Waals surface area contributed by atoms with E-state index in [1.54, 1.807) is 18.2 Å². The fraction of sp³-hybridized carbons (Fsp3) is 0.278. The van der Waals surface area contributed by atoms with Crippen LogP contribution in [0.3, 0.4) is 0 Å². The Morgan fingerprint density at radius 1 is 0.905 bits per heavy atom. The van der Waals surface area contributed by atoms with Crippen molar-refractivity contribution < 1.29 is 4.79 Å². The molecule has 0 saturated carbocycles. The second-order valence-electron chi connectivity index (χ2n) is 5.57. The van der Waals surface area contributed by atoms with Crippen LogP contribution in [0.15, 0.2) is 18.2 Å². The molecule has 110 valence electrons. The van der Waals surface area contributed by atoms with Crippen LogP contribution in [-0.4, -0.2) is 5.78 Å². The van der Waals surface area contributed by atoms with Gasteiger partial charge in [-0.1, -0.05) is 11.6 Å². The molecule has 2 N–H and O–H groups in total. The van der Waals surface area contributed by atoms with E-state index in [9.17, 15) is 4.79 Å². The molecular formula is C18H20ClNO. The Labute approximate surface area is 130 Å². The van der Waals surface area contributed by atoms with E-state index in [0.717, 1.165) is 27.8 Å². The predicted molar refractivity (Wildman–Crippen MR) is 89.4 cm³/mol. The van der Waals surface area contributed by atoms with Crippen molar-refractivity contribution in [3.05, 3.63) is 62.2 Å². The molecule has 0 aliphatic heterocycles. The highest BCUT2D eigenvalue weighted by atomic mass is 35.5. The van der Waals surface area contributed by atoms with E-state index in [2.05, 4.69) is 20.8 Å². The number of carbonyl (C=O) groups excluding carboxylic acids is 1. The van der Waals surface area contributed by atoms with Gasteiger partial charge < -0.3 is 5.73 Å². The fourth-order valence-corrected chi connectivity index (χ4v) is 2.90. The summed E-state index contributed by atoms with van der Waals surface area (Å²) in [7, 11) is 0. The van der Waals surface area contributed by atoms with Crippen LogP contribution in [0.4, 0.5) is 5.69 Å². The zero-order valence-corrected chi connectivity index (χ0v) is 13.9. The smallest absolute Gasteiger partial charge is 0.195 e. The third-order valence-corrected chi connectivity index (χ3v) is 4.79. The minimum atomic E-state index is -0.0616. The van der Waals surface area contributed by atoms with Gasteiger partial charge in [-0.2, -0.15) is 0 Å². The molecule has 0 heterocycles. The predicted octanol–water partition coefficient (Wildman–Crippen LogP) is 4.70. The highest BCUT2D eigenvalue weighted by Gasteiger charge is 2.21. The third kappa shape index (κ3) is 2.56. The number of hydrogen-bond acceptors (Lipinski definition) is 2. The molecule has 0 aliphatic carbocycles. The Kier molecular flexibility index (Phi) is 4.11. The van der Waals surface area contributed by atoms with E-state index in [1.807, 2.05) is 13.8 Å². The first-order valence-electron chi connectivity index (χ1n) is 6.92. The van der Waals surface area contributed by atoms with E-state index in [-0.39, 0.29) is 5.78 Å². The van der Waals surface area contributed by atoms with E-state index in [1.165, 1.54) is 5.56 Å². The molecule has 0 aromatic heterocycles. The maximum atomic E-state index is 12.9. The topological polar surface area (TPSA) is 43.1 Å². The number of rotatable bonds is 2. The normalized spacial score (nSPS) is 10.8. The summed E-state index contributed by atoms with van der Waals surface area (Å²) in [6.45, 7) is 10.2. The van der Waals surface area contributed by atoms with Crippen LogP contribution >= 0.6 is 11.6 Å². The minimum Gasteiger partial charge on any atom is -0.399 e. The Balaban J connectivity index is 2.73. The molecular weight excluding hydrogens is 282 g/mol. The van der Waals surface area contributed by atoms with Gasteiger partial charge >= 0.3 is 0 Å². The summed E-state index contributed by atoms with van der Waals surface area (Å²) in [4.78, 5) is 12.9. The minimum absolute atomic E-state index is 0.0616. The van der Waals surface area contributed by atoms with Crippen LogP contribution < -0.4 is 5.73 Å². The standard InChI is InChI=1S/C18H20ClNO/c1-9-10(2)12(4)17(13(5)11(9)3)18(21)15-8-14(20)6-7-16(15)19/h6-8H,20H2,1-5H3. The highest BCUT2D eigenvalue weighted by Crippen LogP contribution is 2.30. The maximum absolute atomic E-state index is 12.9. The molecule has 2 aromatic carbocycles. The average Bonchev–Trinajstić information content (AvgIpc) is 2.45. The molecule has 21 heavy (non-hydrogen) atoms. The van der Waals surface area contributed by atoms with E-state index >= 15 is 0 Å². The Bertz CT molecular complexity index is 718. The number of benzene rings is 2. The van der Waals surface area contributed by atoms with Gasteiger partial charge in [0.2, 0.25) is 0 Å². The van der Waals surface area contributed by atoms with Crippen molar-refractivity contribution in [2.75, 3.05) is 5.73 Å². The molecule has 0 saturated heterocycles. The molecule has 0 aliphatic rings. The molecule has 0 fully saturated rings. The number of halogens is 1. The number of ketones is 1. The van der Waals surface area contributed by atoms with Crippen molar-refractivity contribution in [1.29, 1.82) is 0 Å². The average molecular weight is 302 g/mol. The van der Waals surface area contributed by atoms with Crippen LogP contribution in [0.2, 0.25) is 5.02 Å². The molecule has 0 spiro atoms. The molecule has 0 amide bonds. The Morgan fingerprint density at radius 3 is 1.90 bits per heavy atom. The van der Waals surface area contributed by atoms with Gasteiger partial charge in [-0.3, -0.25) is 4.79 Å². The number of anilines is 1. The maximum Gasteiger partial charge on any atom is 0.195 e. The lowest BCUT2D eigenvalue weighted by molar-refractivity contribution is 0.103. The molecule has 0 radical (unpaired) electrons. The summed E-state index contributed by atoms with van der Waals surface area (Å²) in [5, 5.41) is 0.434. The summed E-state index contributed by atoms with van der Waals surface area (Å²) in [5.41, 5.74) is 13.1. The summed E-state index contributed by atoms with van der Waals surface area (Å²) < 4.78 is 0. The molecule has 2 nitrogen and oxygen atoms in total. The van der Waals surface area contributed by atoms with Gasteiger partial charge in [0, 0.05) is 16.8 Å². The van der Waals surface area contributed by atoms with Crippen molar-refractivity contribution >= 4 is 23.1 Å². The molecule has 3 heteroatoms. The monoisotopic (exact) mass is 301 g/mol. The largest absolute Gasteiger partial charge is 0.399 e. The van der Waals surface area contributed by atoms with Gasteiger partial charge in [0.05, 0.1) is 5.02 Å². The summed E-state index contributed by atoms with van der Waals surface area (Å²) in [5.74, 6) is -0.0616. The number of nitrogens with two attached hydrogens (primary N) is 1. The van der Waals surface area contributed by atoms with Gasteiger partial charge in [0.25, 0.3) is 0 Å². The molecule has 2 aromatic rings. The van der Waals surface area contributed by atoms with E-state index in [0.29, 0.717) is 16.3 Å². The van der Waals surface area contributed by atoms with Crippen molar-refractivity contribution in [3.8, 4) is 0 Å².